The van der Waals surface area contributed by atoms with Gasteiger partial charge in [-0.15, -0.1) is 0 Å². The van der Waals surface area contributed by atoms with Crippen molar-refractivity contribution in [1.82, 2.24) is 15.5 Å². The Labute approximate surface area is 206 Å². The van der Waals surface area contributed by atoms with E-state index in [9.17, 15) is 4.79 Å². The highest BCUT2D eigenvalue weighted by molar-refractivity contribution is 5.92. The molecule has 0 aliphatic heterocycles. The van der Waals surface area contributed by atoms with Gasteiger partial charge < -0.3 is 15.2 Å². The van der Waals surface area contributed by atoms with E-state index in [4.69, 9.17) is 9.51 Å². The van der Waals surface area contributed by atoms with E-state index in [0.29, 0.717) is 11.7 Å². The Morgan fingerprint density at radius 2 is 1.74 bits per heavy atom. The third kappa shape index (κ3) is 5.16. The summed E-state index contributed by atoms with van der Waals surface area (Å²) in [7, 11) is 0. The number of aromatic nitrogens is 2. The largest absolute Gasteiger partial charge is 0.382 e. The van der Waals surface area contributed by atoms with Crippen molar-refractivity contribution in [2.24, 2.45) is 0 Å². The molecule has 0 spiro atoms. The van der Waals surface area contributed by atoms with E-state index < -0.39 is 0 Å². The Kier molecular flexibility index (Phi) is 6.22. The Balaban J connectivity index is 1.22. The van der Waals surface area contributed by atoms with Crippen LogP contribution in [0.15, 0.2) is 53.1 Å². The quantitative estimate of drug-likeness (QED) is 0.370. The van der Waals surface area contributed by atoms with E-state index in [1.54, 1.807) is 0 Å². The smallest absolute Gasteiger partial charge is 0.226 e. The molecule has 0 unspecified atom stereocenters. The Hall–Kier alpha value is -3.41. The first kappa shape index (κ1) is 23.3. The molecule has 6 heteroatoms. The van der Waals surface area contributed by atoms with Crippen LogP contribution in [0.2, 0.25) is 0 Å². The second kappa shape index (κ2) is 9.33. The van der Waals surface area contributed by atoms with Crippen LogP contribution in [0.1, 0.15) is 63.4 Å². The van der Waals surface area contributed by atoms with Gasteiger partial charge in [0.25, 0.3) is 0 Å². The van der Waals surface area contributed by atoms with Gasteiger partial charge in [-0.1, -0.05) is 49.7 Å². The molecular formula is C29H34N4O2. The first-order valence-corrected chi connectivity index (χ1v) is 12.6. The molecule has 4 aromatic rings. The van der Waals surface area contributed by atoms with E-state index in [2.05, 4.69) is 67.8 Å². The molecule has 0 saturated heterocycles. The van der Waals surface area contributed by atoms with Crippen LogP contribution < -0.4 is 10.6 Å². The number of hydrogen-bond donors (Lipinski definition) is 2. The van der Waals surface area contributed by atoms with Crippen molar-refractivity contribution in [3.05, 3.63) is 65.5 Å². The van der Waals surface area contributed by atoms with E-state index in [1.165, 1.54) is 10.9 Å². The van der Waals surface area contributed by atoms with Gasteiger partial charge in [-0.3, -0.25) is 9.78 Å². The number of para-hydroxylation sites is 1. The first-order valence-electron chi connectivity index (χ1n) is 12.6. The van der Waals surface area contributed by atoms with Crippen LogP contribution in [0.3, 0.4) is 0 Å². The maximum atomic E-state index is 12.7. The summed E-state index contributed by atoms with van der Waals surface area (Å²) in [6, 6.07) is 16.9. The van der Waals surface area contributed by atoms with E-state index in [-0.39, 0.29) is 23.8 Å². The molecule has 5 rings (SSSR count). The van der Waals surface area contributed by atoms with Crippen molar-refractivity contribution >= 4 is 33.5 Å². The van der Waals surface area contributed by atoms with Crippen molar-refractivity contribution in [2.75, 3.05) is 5.32 Å². The molecule has 6 nitrogen and oxygen atoms in total. The number of rotatable bonds is 5. The zero-order valence-corrected chi connectivity index (χ0v) is 21.0. The summed E-state index contributed by atoms with van der Waals surface area (Å²) in [5.74, 6) is 0.00545. The van der Waals surface area contributed by atoms with E-state index in [0.717, 1.165) is 53.6 Å². The maximum Gasteiger partial charge on any atom is 0.226 e. The summed E-state index contributed by atoms with van der Waals surface area (Å²) in [4.78, 5) is 17.6. The first-order chi connectivity index (χ1) is 16.8. The summed E-state index contributed by atoms with van der Waals surface area (Å²) >= 11 is 0. The summed E-state index contributed by atoms with van der Waals surface area (Å²) in [5, 5.41) is 13.2. The van der Waals surface area contributed by atoms with Crippen LogP contribution in [0.5, 0.6) is 0 Å². The molecule has 1 aliphatic carbocycles. The number of carbonyl (C=O) groups excluding carboxylic acids is 1. The van der Waals surface area contributed by atoms with Gasteiger partial charge in [-0.2, -0.15) is 0 Å². The van der Waals surface area contributed by atoms with Gasteiger partial charge >= 0.3 is 0 Å². The molecule has 2 aromatic carbocycles. The van der Waals surface area contributed by atoms with Gasteiger partial charge in [0, 0.05) is 39.7 Å². The molecule has 0 radical (unpaired) electrons. The van der Waals surface area contributed by atoms with Gasteiger partial charge in [0.2, 0.25) is 5.91 Å². The number of benzene rings is 2. The molecule has 1 aliphatic rings. The summed E-state index contributed by atoms with van der Waals surface area (Å²) in [6.07, 6.45) is 4.18. The number of nitrogens with one attached hydrogen (secondary N) is 2. The summed E-state index contributed by atoms with van der Waals surface area (Å²) in [5.41, 5.74) is 5.92. The molecule has 1 fully saturated rings. The Bertz CT molecular complexity index is 1360. The fourth-order valence-electron chi connectivity index (χ4n) is 4.94. The van der Waals surface area contributed by atoms with E-state index in [1.807, 2.05) is 24.3 Å². The minimum atomic E-state index is -0.0212. The fourth-order valence-corrected chi connectivity index (χ4v) is 4.94. The van der Waals surface area contributed by atoms with Gasteiger partial charge in [0.1, 0.15) is 5.69 Å². The highest BCUT2D eigenvalue weighted by Gasteiger charge is 2.25. The number of hydrogen-bond acceptors (Lipinski definition) is 5. The Morgan fingerprint density at radius 1 is 1.00 bits per heavy atom. The van der Waals surface area contributed by atoms with E-state index >= 15 is 0 Å². The fraction of sp³-hybridized carbons (Fsp3) is 0.414. The molecule has 2 heterocycles. The van der Waals surface area contributed by atoms with Crippen LogP contribution >= 0.6 is 0 Å². The average molecular weight is 471 g/mol. The molecule has 1 amide bonds. The minimum absolute atomic E-state index is 0.00545. The lowest BCUT2D eigenvalue weighted by Gasteiger charge is -2.31. The molecule has 2 N–H and O–H groups in total. The van der Waals surface area contributed by atoms with Crippen molar-refractivity contribution in [1.29, 1.82) is 0 Å². The van der Waals surface area contributed by atoms with Gasteiger partial charge in [-0.05, 0) is 62.9 Å². The van der Waals surface area contributed by atoms with Gasteiger partial charge in [0.15, 0.2) is 5.58 Å². The molecule has 35 heavy (non-hydrogen) atoms. The average Bonchev–Trinajstić information content (AvgIpc) is 3.22. The molecule has 0 bridgehead atoms. The van der Waals surface area contributed by atoms with Gasteiger partial charge in [-0.25, -0.2) is 0 Å². The highest BCUT2D eigenvalue weighted by Crippen LogP contribution is 2.32. The number of amides is 1. The third-order valence-corrected chi connectivity index (χ3v) is 6.96. The predicted octanol–water partition coefficient (Wildman–Crippen LogP) is 6.06. The van der Waals surface area contributed by atoms with Crippen molar-refractivity contribution < 1.29 is 9.32 Å². The minimum Gasteiger partial charge on any atom is -0.382 e. The standard InChI is InChI=1S/C29H34N4O2/c1-18-9-14-23-22(15-18)24(16-27(32-23)29(2,3)4)30-19-10-12-20(13-11-19)31-28(34)17-25-21-7-5-6-8-26(21)35-33-25/h5-9,14-16,19-20H,10-13,17H2,1-4H3,(H,30,32)(H,31,34). The molecule has 2 aromatic heterocycles. The van der Waals surface area contributed by atoms with Crippen LogP contribution in [0.4, 0.5) is 5.69 Å². The number of pyridine rings is 1. The third-order valence-electron chi connectivity index (χ3n) is 6.96. The van der Waals surface area contributed by atoms with Crippen LogP contribution in [-0.2, 0) is 16.6 Å². The molecule has 182 valence electrons. The number of aryl methyl sites for hydroxylation is 1. The number of carbonyl (C=O) groups is 1. The second-order valence-corrected chi connectivity index (χ2v) is 10.9. The topological polar surface area (TPSA) is 80.0 Å². The number of anilines is 1. The SMILES string of the molecule is Cc1ccc2nc(C(C)(C)C)cc(NC3CCC(NC(=O)Cc4noc5ccccc45)CC3)c2c1. The zero-order chi connectivity index (χ0) is 24.6. The predicted molar refractivity (Wildman–Crippen MR) is 141 cm³/mol. The highest BCUT2D eigenvalue weighted by atomic mass is 16.5. The summed E-state index contributed by atoms with van der Waals surface area (Å²) in [6.45, 7) is 8.73. The molecule has 1 saturated carbocycles. The summed E-state index contributed by atoms with van der Waals surface area (Å²) < 4.78 is 5.33. The molecular weight excluding hydrogens is 436 g/mol. The Morgan fingerprint density at radius 3 is 2.51 bits per heavy atom. The number of fused-ring (bicyclic) bond motifs is 2. The van der Waals surface area contributed by atoms with Crippen molar-refractivity contribution in [3.8, 4) is 0 Å². The number of nitrogens with zero attached hydrogens (tertiary/aromatic N) is 2. The lowest BCUT2D eigenvalue weighted by atomic mass is 9.89. The lowest BCUT2D eigenvalue weighted by molar-refractivity contribution is -0.121. The lowest BCUT2D eigenvalue weighted by Crippen LogP contribution is -2.40. The van der Waals surface area contributed by atoms with Crippen LogP contribution in [0.25, 0.3) is 21.9 Å². The van der Waals surface area contributed by atoms with Crippen molar-refractivity contribution in [3.63, 3.8) is 0 Å². The zero-order valence-electron chi connectivity index (χ0n) is 21.0. The normalized spacial score (nSPS) is 18.6. The van der Waals surface area contributed by atoms with Crippen LogP contribution in [-0.4, -0.2) is 28.1 Å². The van der Waals surface area contributed by atoms with Gasteiger partial charge in [0.05, 0.1) is 11.9 Å². The monoisotopic (exact) mass is 470 g/mol. The van der Waals surface area contributed by atoms with Crippen molar-refractivity contribution in [2.45, 2.75) is 77.3 Å². The van der Waals surface area contributed by atoms with Crippen LogP contribution in [0, 0.1) is 6.92 Å². The second-order valence-electron chi connectivity index (χ2n) is 10.9. The maximum absolute atomic E-state index is 12.7. The molecule has 0 atom stereocenters.